The van der Waals surface area contributed by atoms with Crippen LogP contribution in [0.5, 0.6) is 5.75 Å². The van der Waals surface area contributed by atoms with Gasteiger partial charge in [-0.25, -0.2) is 4.79 Å². The van der Waals surface area contributed by atoms with E-state index < -0.39 is 5.54 Å². The number of piperidine rings is 1. The van der Waals surface area contributed by atoms with Crippen LogP contribution in [0.15, 0.2) is 54.7 Å². The lowest BCUT2D eigenvalue weighted by atomic mass is 9.85. The molecule has 2 aromatic carbocycles. The van der Waals surface area contributed by atoms with Gasteiger partial charge in [0.2, 0.25) is 0 Å². The molecule has 0 atom stereocenters. The number of imide groups is 1. The first-order chi connectivity index (χ1) is 17.3. The Morgan fingerprint density at radius 2 is 1.67 bits per heavy atom. The number of hydrogen-bond acceptors (Lipinski definition) is 4. The van der Waals surface area contributed by atoms with Gasteiger partial charge in [-0.3, -0.25) is 14.6 Å². The highest BCUT2D eigenvalue weighted by Gasteiger charge is 2.57. The molecule has 0 aliphatic carbocycles. The second-order valence-corrected chi connectivity index (χ2v) is 10.6. The van der Waals surface area contributed by atoms with Gasteiger partial charge in [-0.05, 0) is 48.1 Å². The number of aromatic nitrogens is 1. The van der Waals surface area contributed by atoms with Crippen LogP contribution in [0, 0.1) is 5.92 Å². The Balaban J connectivity index is 1.34. The van der Waals surface area contributed by atoms with Crippen LogP contribution in [-0.2, 0) is 24.9 Å². The summed E-state index contributed by atoms with van der Waals surface area (Å²) in [6.45, 7) is 7.50. The second-order valence-electron chi connectivity index (χ2n) is 10.6. The average molecular weight is 489 g/mol. The summed E-state index contributed by atoms with van der Waals surface area (Å²) in [5.41, 5.74) is 2.71. The van der Waals surface area contributed by atoms with E-state index in [2.05, 4.69) is 60.8 Å². The van der Waals surface area contributed by atoms with E-state index in [9.17, 15) is 9.59 Å². The lowest BCUT2D eigenvalue weighted by Gasteiger charge is -2.42. The van der Waals surface area contributed by atoms with Crippen LogP contribution in [0.4, 0.5) is 4.79 Å². The van der Waals surface area contributed by atoms with Crippen molar-refractivity contribution in [3.63, 3.8) is 0 Å². The highest BCUT2D eigenvalue weighted by molar-refractivity contribution is 6.07. The number of carbonyl (C=O) groups excluding carboxylic acids is 2. The number of benzene rings is 2. The zero-order chi connectivity index (χ0) is 25.4. The van der Waals surface area contributed by atoms with Gasteiger partial charge in [0.1, 0.15) is 11.3 Å². The molecule has 3 amide bonds. The van der Waals surface area contributed by atoms with Crippen molar-refractivity contribution in [2.45, 2.75) is 45.3 Å². The predicted molar refractivity (Wildman–Crippen MR) is 141 cm³/mol. The number of para-hydroxylation sites is 1. The van der Waals surface area contributed by atoms with Crippen LogP contribution in [0.1, 0.15) is 37.8 Å². The third kappa shape index (κ3) is 4.26. The quantitative estimate of drug-likeness (QED) is 0.455. The van der Waals surface area contributed by atoms with Crippen molar-refractivity contribution in [2.24, 2.45) is 13.0 Å². The van der Waals surface area contributed by atoms with Gasteiger partial charge >= 0.3 is 6.03 Å². The fourth-order valence-electron chi connectivity index (χ4n) is 5.81. The number of methoxy groups -OCH3 is 1. The Morgan fingerprint density at radius 3 is 2.33 bits per heavy atom. The molecule has 7 heteroatoms. The molecule has 2 saturated heterocycles. The summed E-state index contributed by atoms with van der Waals surface area (Å²) in [6, 6.07) is 15.9. The van der Waals surface area contributed by atoms with Crippen molar-refractivity contribution >= 4 is 22.8 Å². The summed E-state index contributed by atoms with van der Waals surface area (Å²) in [5, 5.41) is 1.28. The first kappa shape index (κ1) is 24.4. The average Bonchev–Trinajstić information content (AvgIpc) is 3.29. The van der Waals surface area contributed by atoms with Crippen molar-refractivity contribution in [3.05, 3.63) is 65.9 Å². The summed E-state index contributed by atoms with van der Waals surface area (Å²) in [7, 11) is 3.71. The minimum absolute atomic E-state index is 0.0474. The Bertz CT molecular complexity index is 1260. The summed E-state index contributed by atoms with van der Waals surface area (Å²) in [6.07, 6.45) is 3.53. The van der Waals surface area contributed by atoms with Crippen LogP contribution in [0.2, 0.25) is 0 Å². The minimum atomic E-state index is -0.747. The predicted octanol–water partition coefficient (Wildman–Crippen LogP) is 4.64. The molecular formula is C29H36N4O3. The Hall–Kier alpha value is -3.32. The summed E-state index contributed by atoms with van der Waals surface area (Å²) >= 11 is 0. The van der Waals surface area contributed by atoms with Crippen LogP contribution in [0.3, 0.4) is 0 Å². The summed E-state index contributed by atoms with van der Waals surface area (Å²) in [5.74, 6) is 0.997. The number of rotatable bonds is 7. The standard InChI is InChI=1S/C29H36N4O3/c1-21(2)17-33-28(35)32(18-22-9-11-24(36-4)12-10-22)27(34)29(33)13-15-31(16-14-29)20-23-19-30(3)26-8-6-5-7-25(23)26/h5-12,19,21H,13-18,20H2,1-4H3. The van der Waals surface area contributed by atoms with Crippen LogP contribution < -0.4 is 4.74 Å². The molecule has 190 valence electrons. The van der Waals surface area contributed by atoms with Crippen molar-refractivity contribution in [3.8, 4) is 5.75 Å². The molecule has 7 nitrogen and oxygen atoms in total. The zero-order valence-corrected chi connectivity index (χ0v) is 21.7. The van der Waals surface area contributed by atoms with Crippen molar-refractivity contribution in [2.75, 3.05) is 26.7 Å². The molecule has 0 bridgehead atoms. The van der Waals surface area contributed by atoms with E-state index in [1.165, 1.54) is 21.4 Å². The van der Waals surface area contributed by atoms with Gasteiger partial charge in [0.15, 0.2) is 0 Å². The fourth-order valence-corrected chi connectivity index (χ4v) is 5.81. The van der Waals surface area contributed by atoms with Crippen LogP contribution >= 0.6 is 0 Å². The highest BCUT2D eigenvalue weighted by atomic mass is 16.5. The zero-order valence-electron chi connectivity index (χ0n) is 21.7. The molecule has 1 aromatic heterocycles. The number of hydrogen-bond donors (Lipinski definition) is 0. The SMILES string of the molecule is COc1ccc(CN2C(=O)N(CC(C)C)C3(CCN(Cc4cn(C)c5ccccc45)CC3)C2=O)cc1. The van der Waals surface area contributed by atoms with Crippen LogP contribution in [-0.4, -0.2) is 63.5 Å². The maximum absolute atomic E-state index is 13.9. The molecule has 36 heavy (non-hydrogen) atoms. The number of urea groups is 1. The van der Waals surface area contributed by atoms with Gasteiger partial charge in [-0.2, -0.15) is 0 Å². The van der Waals surface area contributed by atoms with Gasteiger partial charge in [-0.15, -0.1) is 0 Å². The van der Waals surface area contributed by atoms with Crippen molar-refractivity contribution in [1.29, 1.82) is 0 Å². The molecule has 3 aromatic rings. The molecule has 2 fully saturated rings. The van der Waals surface area contributed by atoms with Gasteiger partial charge in [0.25, 0.3) is 5.91 Å². The fraction of sp³-hybridized carbons (Fsp3) is 0.448. The monoisotopic (exact) mass is 488 g/mol. The maximum Gasteiger partial charge on any atom is 0.327 e. The maximum atomic E-state index is 13.9. The molecule has 0 saturated carbocycles. The number of likely N-dealkylation sites (tertiary alicyclic amines) is 1. The van der Waals surface area contributed by atoms with Gasteiger partial charge in [-0.1, -0.05) is 44.2 Å². The molecule has 2 aliphatic rings. The third-order valence-corrected chi connectivity index (χ3v) is 7.73. The lowest BCUT2D eigenvalue weighted by molar-refractivity contribution is -0.136. The molecule has 5 rings (SSSR count). The number of fused-ring (bicyclic) bond motifs is 1. The number of nitrogens with zero attached hydrogens (tertiary/aromatic N) is 4. The second kappa shape index (κ2) is 9.62. The van der Waals surface area contributed by atoms with Gasteiger partial charge in [0.05, 0.1) is 13.7 Å². The van der Waals surface area contributed by atoms with Crippen LogP contribution in [0.25, 0.3) is 10.9 Å². The first-order valence-corrected chi connectivity index (χ1v) is 12.8. The van der Waals surface area contributed by atoms with E-state index in [-0.39, 0.29) is 24.4 Å². The number of amides is 3. The third-order valence-electron chi connectivity index (χ3n) is 7.73. The lowest BCUT2D eigenvalue weighted by Crippen LogP contribution is -2.57. The number of carbonyl (C=O) groups is 2. The minimum Gasteiger partial charge on any atom is -0.497 e. The van der Waals surface area contributed by atoms with E-state index >= 15 is 0 Å². The van der Waals surface area contributed by atoms with E-state index in [0.717, 1.165) is 30.9 Å². The topological polar surface area (TPSA) is 58.0 Å². The van der Waals surface area contributed by atoms with E-state index in [1.54, 1.807) is 7.11 Å². The van der Waals surface area contributed by atoms with E-state index in [0.29, 0.717) is 19.4 Å². The Labute approximate surface area is 213 Å². The van der Waals surface area contributed by atoms with Gasteiger partial charge in [0, 0.05) is 50.3 Å². The normalized spacial score (nSPS) is 18.2. The molecular weight excluding hydrogens is 452 g/mol. The number of ether oxygens (including phenoxy) is 1. The molecule has 3 heterocycles. The molecule has 1 spiro atoms. The molecule has 0 N–H and O–H groups in total. The number of aryl methyl sites for hydroxylation is 1. The van der Waals surface area contributed by atoms with E-state index in [4.69, 9.17) is 4.74 Å². The molecule has 0 unspecified atom stereocenters. The van der Waals surface area contributed by atoms with Gasteiger partial charge < -0.3 is 14.2 Å². The Kier molecular flexibility index (Phi) is 6.51. The molecule has 0 radical (unpaired) electrons. The van der Waals surface area contributed by atoms with Crippen molar-refractivity contribution < 1.29 is 14.3 Å². The smallest absolute Gasteiger partial charge is 0.327 e. The van der Waals surface area contributed by atoms with E-state index in [1.807, 2.05) is 29.2 Å². The summed E-state index contributed by atoms with van der Waals surface area (Å²) < 4.78 is 7.43. The highest BCUT2D eigenvalue weighted by Crippen LogP contribution is 2.39. The largest absolute Gasteiger partial charge is 0.497 e. The van der Waals surface area contributed by atoms with Crippen molar-refractivity contribution in [1.82, 2.24) is 19.3 Å². The Morgan fingerprint density at radius 1 is 0.972 bits per heavy atom. The first-order valence-electron chi connectivity index (χ1n) is 12.8. The molecule has 2 aliphatic heterocycles. The summed E-state index contributed by atoms with van der Waals surface area (Å²) in [4.78, 5) is 33.2.